The number of hydrogen-bond acceptors (Lipinski definition) is 6. The fourth-order valence-corrected chi connectivity index (χ4v) is 3.50. The molecule has 11 heteroatoms. The molecule has 1 atom stereocenters. The SMILES string of the molecule is CCC(=O)Nc1nc(NC(=O)NC2CCS(=O)(=O)C2)n[nH]1. The van der Waals surface area contributed by atoms with E-state index in [4.69, 9.17) is 0 Å². The predicted molar refractivity (Wildman–Crippen MR) is 74.5 cm³/mol. The molecule has 1 fully saturated rings. The Hall–Kier alpha value is -2.17. The van der Waals surface area contributed by atoms with Crippen LogP contribution in [0.1, 0.15) is 19.8 Å². The standard InChI is InChI=1S/C10H16N6O4S/c1-2-7(17)12-8-13-9(16-15-8)14-10(18)11-6-3-4-21(19,20)5-6/h6H,2-5H2,1H3,(H4,11,12,13,14,15,16,17,18). The van der Waals surface area contributed by atoms with E-state index in [0.29, 0.717) is 12.8 Å². The Labute approximate surface area is 121 Å². The lowest BCUT2D eigenvalue weighted by atomic mass is 10.3. The smallest absolute Gasteiger partial charge is 0.321 e. The van der Waals surface area contributed by atoms with Crippen LogP contribution in [-0.2, 0) is 14.6 Å². The molecule has 1 aliphatic rings. The second-order valence-corrected chi connectivity index (χ2v) is 6.84. The van der Waals surface area contributed by atoms with Crippen molar-refractivity contribution >= 4 is 33.7 Å². The van der Waals surface area contributed by atoms with Crippen LogP contribution in [0.4, 0.5) is 16.7 Å². The Morgan fingerprint density at radius 2 is 2.14 bits per heavy atom. The van der Waals surface area contributed by atoms with Crippen molar-refractivity contribution in [3.63, 3.8) is 0 Å². The molecule has 3 amide bonds. The molecule has 1 saturated heterocycles. The van der Waals surface area contributed by atoms with E-state index in [2.05, 4.69) is 31.1 Å². The number of aromatic nitrogens is 3. The number of sulfone groups is 1. The maximum Gasteiger partial charge on any atom is 0.321 e. The second kappa shape index (κ2) is 6.08. The van der Waals surface area contributed by atoms with Gasteiger partial charge in [-0.3, -0.25) is 15.4 Å². The van der Waals surface area contributed by atoms with E-state index in [9.17, 15) is 18.0 Å². The van der Waals surface area contributed by atoms with Crippen molar-refractivity contribution in [2.24, 2.45) is 0 Å². The third kappa shape index (κ3) is 4.41. The number of rotatable bonds is 4. The van der Waals surface area contributed by atoms with Gasteiger partial charge in [-0.15, -0.1) is 5.10 Å². The van der Waals surface area contributed by atoms with Gasteiger partial charge in [0.1, 0.15) is 0 Å². The average molecular weight is 316 g/mol. The maximum atomic E-state index is 11.7. The predicted octanol–water partition coefficient (Wildman–Crippen LogP) is -0.538. The van der Waals surface area contributed by atoms with Crippen LogP contribution in [0.25, 0.3) is 0 Å². The van der Waals surface area contributed by atoms with Crippen molar-refractivity contribution in [3.05, 3.63) is 0 Å². The molecule has 21 heavy (non-hydrogen) atoms. The summed E-state index contributed by atoms with van der Waals surface area (Å²) in [6, 6.07) is -1.00. The van der Waals surface area contributed by atoms with Gasteiger partial charge in [-0.2, -0.15) is 4.98 Å². The minimum absolute atomic E-state index is 0.0141. The highest BCUT2D eigenvalue weighted by Gasteiger charge is 2.29. The summed E-state index contributed by atoms with van der Waals surface area (Å²) in [6.07, 6.45) is 0.682. The highest BCUT2D eigenvalue weighted by Crippen LogP contribution is 2.11. The molecular weight excluding hydrogens is 300 g/mol. The Morgan fingerprint density at radius 1 is 1.38 bits per heavy atom. The van der Waals surface area contributed by atoms with E-state index in [-0.39, 0.29) is 29.3 Å². The molecule has 0 bridgehead atoms. The van der Waals surface area contributed by atoms with Crippen molar-refractivity contribution in [3.8, 4) is 0 Å². The normalized spacial score (nSPS) is 20.0. The largest absolute Gasteiger partial charge is 0.334 e. The van der Waals surface area contributed by atoms with Crippen molar-refractivity contribution in [2.45, 2.75) is 25.8 Å². The summed E-state index contributed by atoms with van der Waals surface area (Å²) in [6.45, 7) is 1.69. The monoisotopic (exact) mass is 316 g/mol. The summed E-state index contributed by atoms with van der Waals surface area (Å²) in [5.74, 6) is -0.114. The molecule has 0 aromatic carbocycles. The highest BCUT2D eigenvalue weighted by molar-refractivity contribution is 7.91. The average Bonchev–Trinajstić information content (AvgIpc) is 2.96. The number of hydrogen-bond donors (Lipinski definition) is 4. The van der Waals surface area contributed by atoms with E-state index in [1.165, 1.54) is 0 Å². The minimum atomic E-state index is -3.05. The van der Waals surface area contributed by atoms with E-state index < -0.39 is 21.9 Å². The summed E-state index contributed by atoms with van der Waals surface area (Å²) in [7, 11) is -3.05. The van der Waals surface area contributed by atoms with Gasteiger partial charge in [-0.25, -0.2) is 18.3 Å². The molecule has 2 rings (SSSR count). The molecule has 4 N–H and O–H groups in total. The first kappa shape index (κ1) is 15.2. The summed E-state index contributed by atoms with van der Waals surface area (Å²) in [5.41, 5.74) is 0. The summed E-state index contributed by atoms with van der Waals surface area (Å²) in [5, 5.41) is 13.5. The first-order valence-electron chi connectivity index (χ1n) is 6.38. The van der Waals surface area contributed by atoms with Gasteiger partial charge in [-0.05, 0) is 6.42 Å². The van der Waals surface area contributed by atoms with Crippen LogP contribution in [0.15, 0.2) is 0 Å². The number of aromatic amines is 1. The Kier molecular flexibility index (Phi) is 4.40. The van der Waals surface area contributed by atoms with E-state index >= 15 is 0 Å². The van der Waals surface area contributed by atoms with Crippen LogP contribution in [-0.4, -0.2) is 53.1 Å². The number of urea groups is 1. The number of nitrogens with zero attached hydrogens (tertiary/aromatic N) is 2. The summed E-state index contributed by atoms with van der Waals surface area (Å²) in [4.78, 5) is 26.7. The van der Waals surface area contributed by atoms with Gasteiger partial charge in [0.2, 0.25) is 11.9 Å². The Bertz CT molecular complexity index is 640. The third-order valence-electron chi connectivity index (χ3n) is 2.86. The highest BCUT2D eigenvalue weighted by atomic mass is 32.2. The molecule has 0 spiro atoms. The number of H-pyrrole nitrogens is 1. The zero-order valence-corrected chi connectivity index (χ0v) is 12.2. The van der Waals surface area contributed by atoms with E-state index in [1.807, 2.05) is 0 Å². The molecule has 10 nitrogen and oxygen atoms in total. The molecule has 1 aliphatic heterocycles. The zero-order chi connectivity index (χ0) is 15.5. The molecule has 116 valence electrons. The second-order valence-electron chi connectivity index (χ2n) is 4.61. The first-order valence-corrected chi connectivity index (χ1v) is 8.20. The van der Waals surface area contributed by atoms with Crippen molar-refractivity contribution in [1.82, 2.24) is 20.5 Å². The van der Waals surface area contributed by atoms with Gasteiger partial charge in [0.25, 0.3) is 5.95 Å². The van der Waals surface area contributed by atoms with Crippen LogP contribution >= 0.6 is 0 Å². The van der Waals surface area contributed by atoms with Gasteiger partial charge in [0.15, 0.2) is 9.84 Å². The van der Waals surface area contributed by atoms with Gasteiger partial charge in [0.05, 0.1) is 11.5 Å². The Balaban J connectivity index is 1.84. The maximum absolute atomic E-state index is 11.7. The summed E-state index contributed by atoms with van der Waals surface area (Å²) >= 11 is 0. The fourth-order valence-electron chi connectivity index (χ4n) is 1.83. The lowest BCUT2D eigenvalue weighted by Gasteiger charge is -2.09. The molecule has 0 radical (unpaired) electrons. The van der Waals surface area contributed by atoms with Crippen LogP contribution in [0.2, 0.25) is 0 Å². The van der Waals surface area contributed by atoms with E-state index in [1.54, 1.807) is 6.92 Å². The van der Waals surface area contributed by atoms with Crippen LogP contribution < -0.4 is 16.0 Å². The molecular formula is C10H16N6O4S. The third-order valence-corrected chi connectivity index (χ3v) is 4.63. The van der Waals surface area contributed by atoms with Crippen molar-refractivity contribution in [1.29, 1.82) is 0 Å². The molecule has 1 aromatic heterocycles. The molecule has 1 aromatic rings. The number of carbonyl (C=O) groups is 2. The van der Waals surface area contributed by atoms with E-state index in [0.717, 1.165) is 0 Å². The van der Waals surface area contributed by atoms with Gasteiger partial charge < -0.3 is 5.32 Å². The number of anilines is 2. The zero-order valence-electron chi connectivity index (χ0n) is 11.3. The lowest BCUT2D eigenvalue weighted by molar-refractivity contribution is -0.115. The molecule has 2 heterocycles. The van der Waals surface area contributed by atoms with Crippen LogP contribution in [0.3, 0.4) is 0 Å². The number of carbonyl (C=O) groups excluding carboxylic acids is 2. The minimum Gasteiger partial charge on any atom is -0.334 e. The van der Waals surface area contributed by atoms with Gasteiger partial charge in [0, 0.05) is 12.5 Å². The van der Waals surface area contributed by atoms with Crippen molar-refractivity contribution in [2.75, 3.05) is 22.1 Å². The van der Waals surface area contributed by atoms with Gasteiger partial charge in [-0.1, -0.05) is 6.92 Å². The first-order chi connectivity index (χ1) is 9.88. The number of amides is 3. The molecule has 0 saturated carbocycles. The Morgan fingerprint density at radius 3 is 2.76 bits per heavy atom. The van der Waals surface area contributed by atoms with Crippen molar-refractivity contribution < 1.29 is 18.0 Å². The topological polar surface area (TPSA) is 146 Å². The molecule has 0 aliphatic carbocycles. The summed E-state index contributed by atoms with van der Waals surface area (Å²) < 4.78 is 22.5. The number of nitrogens with one attached hydrogen (secondary N) is 4. The van der Waals surface area contributed by atoms with Crippen LogP contribution in [0.5, 0.6) is 0 Å². The van der Waals surface area contributed by atoms with Crippen LogP contribution in [0, 0.1) is 0 Å². The quantitative estimate of drug-likeness (QED) is 0.587. The van der Waals surface area contributed by atoms with Gasteiger partial charge >= 0.3 is 6.03 Å². The fraction of sp³-hybridized carbons (Fsp3) is 0.600. The molecule has 1 unspecified atom stereocenters. The lowest BCUT2D eigenvalue weighted by Crippen LogP contribution is -2.38.